The van der Waals surface area contributed by atoms with Gasteiger partial charge >= 0.3 is 0 Å². The van der Waals surface area contributed by atoms with E-state index in [0.717, 1.165) is 18.9 Å². The molecule has 1 aliphatic rings. The summed E-state index contributed by atoms with van der Waals surface area (Å²) in [4.78, 5) is 0. The van der Waals surface area contributed by atoms with Crippen LogP contribution in [0.5, 0.6) is 0 Å². The quantitative estimate of drug-likeness (QED) is 0.861. The summed E-state index contributed by atoms with van der Waals surface area (Å²) in [6.07, 6.45) is 1.92. The Morgan fingerprint density at radius 2 is 2.12 bits per heavy atom. The molecule has 1 atom stereocenters. The molecule has 1 aromatic rings. The lowest BCUT2D eigenvalue weighted by Gasteiger charge is -2.21. The van der Waals surface area contributed by atoms with Crippen LogP contribution in [0.4, 0.5) is 8.78 Å². The van der Waals surface area contributed by atoms with E-state index in [4.69, 9.17) is 4.74 Å². The lowest BCUT2D eigenvalue weighted by molar-refractivity contribution is 0.0873. The van der Waals surface area contributed by atoms with Gasteiger partial charge in [-0.2, -0.15) is 0 Å². The van der Waals surface area contributed by atoms with E-state index in [0.29, 0.717) is 12.2 Å². The number of aliphatic hydroxyl groups is 1. The molecule has 0 amide bonds. The topological polar surface area (TPSA) is 29.5 Å². The van der Waals surface area contributed by atoms with Gasteiger partial charge in [-0.3, -0.25) is 0 Å². The fraction of sp³-hybridized carbons (Fsp3) is 0.385. The van der Waals surface area contributed by atoms with Crippen LogP contribution < -0.4 is 0 Å². The van der Waals surface area contributed by atoms with Crippen LogP contribution in [-0.2, 0) is 4.74 Å². The minimum atomic E-state index is -1.37. The molecule has 0 spiro atoms. The number of benzene rings is 1. The molecule has 2 rings (SSSR count). The van der Waals surface area contributed by atoms with Crippen molar-refractivity contribution in [1.29, 1.82) is 0 Å². The average Bonchev–Trinajstić information content (AvgIpc) is 2.35. The second-order valence-electron chi connectivity index (χ2n) is 4.09. The third-order valence-electron chi connectivity index (χ3n) is 2.83. The molecule has 92 valence electrons. The van der Waals surface area contributed by atoms with Crippen LogP contribution in [0, 0.1) is 18.6 Å². The molecule has 0 aliphatic carbocycles. The van der Waals surface area contributed by atoms with E-state index in [9.17, 15) is 13.9 Å². The maximum absolute atomic E-state index is 13.8. The van der Waals surface area contributed by atoms with Crippen molar-refractivity contribution in [3.05, 3.63) is 46.7 Å². The van der Waals surface area contributed by atoms with E-state index in [1.165, 1.54) is 13.0 Å². The van der Waals surface area contributed by atoms with Crippen molar-refractivity contribution in [3.63, 3.8) is 0 Å². The molecule has 0 bridgehead atoms. The van der Waals surface area contributed by atoms with Crippen molar-refractivity contribution in [2.45, 2.75) is 25.9 Å². The van der Waals surface area contributed by atoms with Gasteiger partial charge in [0.2, 0.25) is 0 Å². The lowest BCUT2D eigenvalue weighted by Crippen LogP contribution is -2.13. The van der Waals surface area contributed by atoms with Crippen LogP contribution in [0.3, 0.4) is 0 Å². The molecular weight excluding hydrogens is 226 g/mol. The average molecular weight is 240 g/mol. The van der Waals surface area contributed by atoms with Crippen molar-refractivity contribution < 1.29 is 18.6 Å². The van der Waals surface area contributed by atoms with E-state index < -0.39 is 17.7 Å². The van der Waals surface area contributed by atoms with Crippen molar-refractivity contribution in [2.75, 3.05) is 6.61 Å². The number of hydrogen-bond acceptors (Lipinski definition) is 2. The summed E-state index contributed by atoms with van der Waals surface area (Å²) in [6, 6.07) is 2.50. The largest absolute Gasteiger partial charge is 0.495 e. The van der Waals surface area contributed by atoms with Gasteiger partial charge in [-0.25, -0.2) is 8.78 Å². The molecule has 1 heterocycles. The second kappa shape index (κ2) is 4.84. The first kappa shape index (κ1) is 12.0. The summed E-state index contributed by atoms with van der Waals surface area (Å²) in [5, 5.41) is 9.96. The van der Waals surface area contributed by atoms with Crippen molar-refractivity contribution in [1.82, 2.24) is 0 Å². The zero-order chi connectivity index (χ0) is 12.4. The molecule has 1 unspecified atom stereocenters. The van der Waals surface area contributed by atoms with Gasteiger partial charge in [-0.05, 0) is 37.5 Å². The first-order chi connectivity index (χ1) is 8.11. The Bertz CT molecular complexity index is 455. The summed E-state index contributed by atoms with van der Waals surface area (Å²) >= 11 is 0. The molecule has 0 saturated heterocycles. The highest BCUT2D eigenvalue weighted by Crippen LogP contribution is 2.30. The van der Waals surface area contributed by atoms with Crippen LogP contribution in [0.15, 0.2) is 24.0 Å². The normalized spacial score (nSPS) is 17.3. The highest BCUT2D eigenvalue weighted by atomic mass is 19.1. The van der Waals surface area contributed by atoms with Gasteiger partial charge in [0.05, 0.1) is 12.2 Å². The summed E-state index contributed by atoms with van der Waals surface area (Å²) in [5.41, 5.74) is -0.0324. The second-order valence-corrected chi connectivity index (χ2v) is 4.09. The minimum absolute atomic E-state index is 0.236. The monoisotopic (exact) mass is 240 g/mol. The Hall–Kier alpha value is -1.42. The molecule has 4 heteroatoms. The van der Waals surface area contributed by atoms with Crippen molar-refractivity contribution in [3.8, 4) is 0 Å². The van der Waals surface area contributed by atoms with Crippen LogP contribution in [0.1, 0.15) is 30.1 Å². The molecule has 1 N–H and O–H groups in total. The summed E-state index contributed by atoms with van der Waals surface area (Å²) in [7, 11) is 0. The molecule has 0 fully saturated rings. The number of aryl methyl sites for hydroxylation is 1. The van der Waals surface area contributed by atoms with Crippen molar-refractivity contribution in [2.24, 2.45) is 0 Å². The fourth-order valence-electron chi connectivity index (χ4n) is 1.84. The predicted molar refractivity (Wildman–Crippen MR) is 59.3 cm³/mol. The van der Waals surface area contributed by atoms with Gasteiger partial charge in [-0.15, -0.1) is 0 Å². The molecule has 2 nitrogen and oxygen atoms in total. The zero-order valence-corrected chi connectivity index (χ0v) is 9.54. The molecule has 0 radical (unpaired) electrons. The molecule has 1 aliphatic heterocycles. The number of hydrogen-bond donors (Lipinski definition) is 1. The number of ether oxygens (including phenoxy) is 1. The van der Waals surface area contributed by atoms with Gasteiger partial charge in [0.1, 0.15) is 23.5 Å². The number of allylic oxidation sites excluding steroid dienone is 1. The zero-order valence-electron chi connectivity index (χ0n) is 9.54. The summed E-state index contributed by atoms with van der Waals surface area (Å²) in [6.45, 7) is 2.00. The first-order valence-electron chi connectivity index (χ1n) is 5.56. The number of rotatable bonds is 2. The van der Waals surface area contributed by atoms with E-state index in [1.54, 1.807) is 6.08 Å². The van der Waals surface area contributed by atoms with E-state index in [-0.39, 0.29) is 11.3 Å². The smallest absolute Gasteiger partial charge is 0.141 e. The Kier molecular flexibility index (Phi) is 3.43. The third kappa shape index (κ3) is 2.31. The number of halogens is 2. The summed E-state index contributed by atoms with van der Waals surface area (Å²) < 4.78 is 32.6. The van der Waals surface area contributed by atoms with Crippen molar-refractivity contribution >= 4 is 0 Å². The van der Waals surface area contributed by atoms with Gasteiger partial charge < -0.3 is 9.84 Å². The van der Waals surface area contributed by atoms with Gasteiger partial charge in [0, 0.05) is 0 Å². The Labute approximate surface area is 98.5 Å². The number of aliphatic hydroxyl groups excluding tert-OH is 1. The fourth-order valence-corrected chi connectivity index (χ4v) is 1.84. The van der Waals surface area contributed by atoms with Crippen LogP contribution in [-0.4, -0.2) is 11.7 Å². The van der Waals surface area contributed by atoms with Crippen LogP contribution >= 0.6 is 0 Å². The van der Waals surface area contributed by atoms with E-state index in [2.05, 4.69) is 0 Å². The Balaban J connectivity index is 2.39. The first-order valence-corrected chi connectivity index (χ1v) is 5.56. The van der Waals surface area contributed by atoms with E-state index in [1.807, 2.05) is 0 Å². The third-order valence-corrected chi connectivity index (χ3v) is 2.83. The minimum Gasteiger partial charge on any atom is -0.495 e. The Morgan fingerprint density at radius 3 is 2.76 bits per heavy atom. The molecule has 1 aromatic carbocycles. The van der Waals surface area contributed by atoms with Crippen LogP contribution in [0.2, 0.25) is 0 Å². The van der Waals surface area contributed by atoms with Gasteiger partial charge in [0.25, 0.3) is 0 Å². The standard InChI is InChI=1S/C13H14F2O2/c1-8-5-6-9(14)11(12(8)15)13(16)10-4-2-3-7-17-10/h4-6,13,16H,2-3,7H2,1H3. The van der Waals surface area contributed by atoms with Crippen LogP contribution in [0.25, 0.3) is 0 Å². The molecular formula is C13H14F2O2. The SMILES string of the molecule is Cc1ccc(F)c(C(O)C2=CCCCO2)c1F. The predicted octanol–water partition coefficient (Wildman–Crippen LogP) is 3.00. The lowest BCUT2D eigenvalue weighted by atomic mass is 10.0. The highest BCUT2D eigenvalue weighted by molar-refractivity contribution is 5.32. The van der Waals surface area contributed by atoms with Gasteiger partial charge in [-0.1, -0.05) is 6.07 Å². The molecule has 0 aromatic heterocycles. The maximum Gasteiger partial charge on any atom is 0.141 e. The molecule has 0 saturated carbocycles. The highest BCUT2D eigenvalue weighted by Gasteiger charge is 2.24. The van der Waals surface area contributed by atoms with E-state index >= 15 is 0 Å². The molecule has 17 heavy (non-hydrogen) atoms. The Morgan fingerprint density at radius 1 is 1.35 bits per heavy atom. The maximum atomic E-state index is 13.8. The summed E-state index contributed by atoms with van der Waals surface area (Å²) in [5.74, 6) is -1.23. The van der Waals surface area contributed by atoms with Gasteiger partial charge in [0.15, 0.2) is 0 Å².